The van der Waals surface area contributed by atoms with Gasteiger partial charge in [-0.05, 0) is 19.4 Å². The van der Waals surface area contributed by atoms with Crippen molar-refractivity contribution >= 4 is 0 Å². The molecule has 0 bridgehead atoms. The highest BCUT2D eigenvalue weighted by atomic mass is 19.4. The van der Waals surface area contributed by atoms with Crippen LogP contribution in [0, 0.1) is 4.91 Å². The van der Waals surface area contributed by atoms with E-state index in [0.29, 0.717) is 5.57 Å². The number of rotatable bonds is 4. The Hall–Kier alpha value is -1.39. The van der Waals surface area contributed by atoms with E-state index in [0.717, 1.165) is 0 Å². The van der Waals surface area contributed by atoms with Crippen LogP contribution in [0.1, 0.15) is 13.8 Å². The molecule has 5 heteroatoms. The van der Waals surface area contributed by atoms with E-state index in [1.807, 2.05) is 0 Å². The predicted molar refractivity (Wildman–Crippen MR) is 53.3 cm³/mol. The normalized spacial score (nSPS) is 16.1. The lowest BCUT2D eigenvalue weighted by atomic mass is 10.1. The fourth-order valence-electron chi connectivity index (χ4n) is 0.823. The fraction of sp³-hybridized carbons (Fsp3) is 0.400. The fourth-order valence-corrected chi connectivity index (χ4v) is 0.823. The highest BCUT2D eigenvalue weighted by molar-refractivity contribution is 5.25. The van der Waals surface area contributed by atoms with Gasteiger partial charge in [-0.2, -0.15) is 13.2 Å². The third-order valence-corrected chi connectivity index (χ3v) is 1.78. The van der Waals surface area contributed by atoms with Gasteiger partial charge in [-0.15, -0.1) is 4.91 Å². The average molecular weight is 219 g/mol. The van der Waals surface area contributed by atoms with Crippen LogP contribution < -0.4 is 0 Å². The molecule has 0 aliphatic carbocycles. The van der Waals surface area contributed by atoms with Crippen molar-refractivity contribution in [2.45, 2.75) is 26.1 Å². The summed E-state index contributed by atoms with van der Waals surface area (Å²) in [6, 6.07) is -2.27. The molecule has 0 aromatic carbocycles. The van der Waals surface area contributed by atoms with Crippen LogP contribution >= 0.6 is 0 Å². The van der Waals surface area contributed by atoms with E-state index in [-0.39, 0.29) is 5.57 Å². The van der Waals surface area contributed by atoms with Gasteiger partial charge in [0, 0.05) is 0 Å². The molecule has 0 rings (SSSR count). The van der Waals surface area contributed by atoms with Gasteiger partial charge in [0.05, 0.1) is 0 Å². The smallest absolute Gasteiger partial charge is 0.168 e. The maximum atomic E-state index is 12.2. The van der Waals surface area contributed by atoms with Gasteiger partial charge in [0.1, 0.15) is 0 Å². The van der Waals surface area contributed by atoms with Crippen molar-refractivity contribution in [2.75, 3.05) is 0 Å². The quantitative estimate of drug-likeness (QED) is 0.522. The number of allylic oxidation sites excluding steroid dienone is 4. The number of hydrogen-bond donors (Lipinski definition) is 0. The number of hydrogen-bond acceptors (Lipinski definition) is 2. The summed E-state index contributed by atoms with van der Waals surface area (Å²) in [5.41, 5.74) is 0.569. The van der Waals surface area contributed by atoms with E-state index in [2.05, 4.69) is 11.8 Å². The Morgan fingerprint density at radius 2 is 1.87 bits per heavy atom. The monoisotopic (exact) mass is 219 g/mol. The summed E-state index contributed by atoms with van der Waals surface area (Å²) in [6.07, 6.45) is -0.457. The van der Waals surface area contributed by atoms with E-state index < -0.39 is 12.2 Å². The SMILES string of the molecule is C=C/C(C)=C\C=C(/C)C(N=O)C(F)(F)F. The molecular formula is C10H12F3NO. The molecule has 0 aliphatic rings. The molecule has 0 aromatic heterocycles. The standard InChI is InChI=1S/C10H12F3NO/c1-4-7(2)5-6-8(3)9(14-15)10(11,12)13/h4-6,9H,1H2,2-3H3/b7-5-,8-6+. The van der Waals surface area contributed by atoms with Gasteiger partial charge in [-0.1, -0.05) is 35.6 Å². The second-order valence-electron chi connectivity index (χ2n) is 3.08. The molecule has 0 aromatic rings. The Labute approximate surface area is 86.1 Å². The molecule has 2 nitrogen and oxygen atoms in total. The summed E-state index contributed by atoms with van der Waals surface area (Å²) in [4.78, 5) is 10.1. The first-order chi connectivity index (χ1) is 6.82. The van der Waals surface area contributed by atoms with Crippen LogP contribution in [0.4, 0.5) is 13.2 Å². The largest absolute Gasteiger partial charge is 0.418 e. The zero-order valence-electron chi connectivity index (χ0n) is 8.51. The molecular weight excluding hydrogens is 207 g/mol. The summed E-state index contributed by atoms with van der Waals surface area (Å²) in [6.45, 7) is 6.35. The molecule has 0 saturated carbocycles. The lowest BCUT2D eigenvalue weighted by molar-refractivity contribution is -0.138. The van der Waals surface area contributed by atoms with Gasteiger partial charge in [0.15, 0.2) is 0 Å². The highest BCUT2D eigenvalue weighted by Crippen LogP contribution is 2.28. The Bertz CT molecular complexity index is 302. The van der Waals surface area contributed by atoms with Crippen molar-refractivity contribution in [3.63, 3.8) is 0 Å². The van der Waals surface area contributed by atoms with E-state index >= 15 is 0 Å². The maximum Gasteiger partial charge on any atom is 0.418 e. The van der Waals surface area contributed by atoms with Gasteiger partial charge in [-0.25, -0.2) is 0 Å². The molecule has 0 saturated heterocycles. The molecule has 0 heterocycles. The van der Waals surface area contributed by atoms with Crippen LogP contribution in [-0.2, 0) is 0 Å². The molecule has 0 N–H and O–H groups in total. The minimum atomic E-state index is -4.63. The molecule has 1 unspecified atom stereocenters. The van der Waals surface area contributed by atoms with Crippen molar-refractivity contribution in [3.05, 3.63) is 40.9 Å². The molecule has 0 radical (unpaired) electrons. The van der Waals surface area contributed by atoms with Crippen molar-refractivity contribution < 1.29 is 13.2 Å². The first kappa shape index (κ1) is 13.6. The van der Waals surface area contributed by atoms with E-state index in [1.165, 1.54) is 25.2 Å². The zero-order chi connectivity index (χ0) is 12.1. The minimum absolute atomic E-state index is 0.140. The van der Waals surface area contributed by atoms with E-state index in [9.17, 15) is 18.1 Å². The van der Waals surface area contributed by atoms with Crippen LogP contribution in [-0.4, -0.2) is 12.2 Å². The number of halogens is 3. The Kier molecular flexibility index (Phi) is 4.97. The molecule has 0 amide bonds. The molecule has 15 heavy (non-hydrogen) atoms. The summed E-state index contributed by atoms with van der Waals surface area (Å²) < 4.78 is 36.6. The van der Waals surface area contributed by atoms with Crippen molar-refractivity contribution in [1.82, 2.24) is 0 Å². The Morgan fingerprint density at radius 3 is 2.20 bits per heavy atom. The second kappa shape index (κ2) is 5.48. The molecule has 1 atom stereocenters. The third-order valence-electron chi connectivity index (χ3n) is 1.78. The average Bonchev–Trinajstić information content (AvgIpc) is 2.12. The van der Waals surface area contributed by atoms with Crippen LogP contribution in [0.3, 0.4) is 0 Å². The van der Waals surface area contributed by atoms with E-state index in [4.69, 9.17) is 0 Å². The zero-order valence-corrected chi connectivity index (χ0v) is 8.51. The lowest BCUT2D eigenvalue weighted by Crippen LogP contribution is -2.27. The van der Waals surface area contributed by atoms with E-state index in [1.54, 1.807) is 6.92 Å². The topological polar surface area (TPSA) is 29.4 Å². The number of nitroso groups, excluding NO2 is 1. The van der Waals surface area contributed by atoms with Gasteiger partial charge < -0.3 is 0 Å². The number of alkyl halides is 3. The van der Waals surface area contributed by atoms with Gasteiger partial charge in [-0.3, -0.25) is 0 Å². The molecule has 0 aliphatic heterocycles. The van der Waals surface area contributed by atoms with Crippen molar-refractivity contribution in [3.8, 4) is 0 Å². The van der Waals surface area contributed by atoms with Gasteiger partial charge >= 0.3 is 6.18 Å². The van der Waals surface area contributed by atoms with Crippen molar-refractivity contribution in [1.29, 1.82) is 0 Å². The Balaban J connectivity index is 4.89. The first-order valence-corrected chi connectivity index (χ1v) is 4.19. The van der Waals surface area contributed by atoms with Crippen LogP contribution in [0.5, 0.6) is 0 Å². The first-order valence-electron chi connectivity index (χ1n) is 4.19. The second-order valence-corrected chi connectivity index (χ2v) is 3.08. The molecule has 84 valence electrons. The van der Waals surface area contributed by atoms with Gasteiger partial charge in [0.25, 0.3) is 0 Å². The molecule has 0 fully saturated rings. The number of nitrogens with zero attached hydrogens (tertiary/aromatic N) is 1. The highest BCUT2D eigenvalue weighted by Gasteiger charge is 2.42. The summed E-state index contributed by atoms with van der Waals surface area (Å²) in [7, 11) is 0. The third kappa shape index (κ3) is 4.58. The lowest BCUT2D eigenvalue weighted by Gasteiger charge is -2.12. The summed E-state index contributed by atoms with van der Waals surface area (Å²) >= 11 is 0. The van der Waals surface area contributed by atoms with Crippen LogP contribution in [0.2, 0.25) is 0 Å². The van der Waals surface area contributed by atoms with Crippen LogP contribution in [0.25, 0.3) is 0 Å². The maximum absolute atomic E-state index is 12.2. The minimum Gasteiger partial charge on any atom is -0.168 e. The van der Waals surface area contributed by atoms with Crippen LogP contribution in [0.15, 0.2) is 41.1 Å². The summed E-state index contributed by atoms with van der Waals surface area (Å²) in [5, 5.41) is 2.06. The van der Waals surface area contributed by atoms with Crippen molar-refractivity contribution in [2.24, 2.45) is 5.18 Å². The van der Waals surface area contributed by atoms with Gasteiger partial charge in [0.2, 0.25) is 6.04 Å². The predicted octanol–water partition coefficient (Wildman–Crippen LogP) is 3.76. The summed E-state index contributed by atoms with van der Waals surface area (Å²) in [5.74, 6) is 0. The molecule has 0 spiro atoms. The Morgan fingerprint density at radius 1 is 1.33 bits per heavy atom.